The van der Waals surface area contributed by atoms with Gasteiger partial charge in [0.15, 0.2) is 0 Å². The van der Waals surface area contributed by atoms with Gasteiger partial charge in [-0.25, -0.2) is 0 Å². The highest BCUT2D eigenvalue weighted by Gasteiger charge is 2.32. The van der Waals surface area contributed by atoms with Crippen LogP contribution < -0.4 is 5.32 Å². The number of carbonyl (C=O) groups excluding carboxylic acids is 1. The van der Waals surface area contributed by atoms with E-state index in [0.29, 0.717) is 23.1 Å². The first-order valence-electron chi connectivity index (χ1n) is 6.44. The normalized spacial score (nSPS) is 20.7. The van der Waals surface area contributed by atoms with Crippen LogP contribution in [0.1, 0.15) is 19.4 Å². The molecule has 1 aromatic rings. The maximum Gasteiger partial charge on any atom is 0.237 e. The summed E-state index contributed by atoms with van der Waals surface area (Å²) in [6.07, 6.45) is 0. The highest BCUT2D eigenvalue weighted by atomic mass is 35.5. The third-order valence-corrected chi connectivity index (χ3v) is 3.97. The van der Waals surface area contributed by atoms with Crippen LogP contribution in [-0.2, 0) is 11.3 Å². The molecule has 104 valence electrons. The van der Waals surface area contributed by atoms with Crippen molar-refractivity contribution in [3.63, 3.8) is 0 Å². The Labute approximate surface area is 123 Å². The van der Waals surface area contributed by atoms with Gasteiger partial charge in [0.1, 0.15) is 0 Å². The maximum atomic E-state index is 12.0. The lowest BCUT2D eigenvalue weighted by Gasteiger charge is -2.37. The summed E-state index contributed by atoms with van der Waals surface area (Å²) in [4.78, 5) is 14.1. The van der Waals surface area contributed by atoms with E-state index in [-0.39, 0.29) is 17.9 Å². The van der Waals surface area contributed by atoms with E-state index in [1.165, 1.54) is 0 Å². The lowest BCUT2D eigenvalue weighted by atomic mass is 9.99. The quantitative estimate of drug-likeness (QED) is 0.931. The number of hydrogen-bond acceptors (Lipinski definition) is 2. The first-order valence-corrected chi connectivity index (χ1v) is 7.20. The van der Waals surface area contributed by atoms with Crippen molar-refractivity contribution in [2.45, 2.75) is 26.4 Å². The Kier molecular flexibility index (Phi) is 4.71. The zero-order chi connectivity index (χ0) is 14.0. The Morgan fingerprint density at radius 2 is 2.16 bits per heavy atom. The SMILES string of the molecule is CC(C)C1C(=O)NCCN1Cc1ccc(Cl)cc1Cl. The molecule has 1 unspecified atom stereocenters. The monoisotopic (exact) mass is 300 g/mol. The Hall–Kier alpha value is -0.770. The Bertz CT molecular complexity index is 477. The van der Waals surface area contributed by atoms with Gasteiger partial charge < -0.3 is 5.32 Å². The van der Waals surface area contributed by atoms with Crippen molar-refractivity contribution in [2.75, 3.05) is 13.1 Å². The van der Waals surface area contributed by atoms with Gasteiger partial charge in [0.25, 0.3) is 0 Å². The van der Waals surface area contributed by atoms with E-state index in [1.54, 1.807) is 6.07 Å². The average molecular weight is 301 g/mol. The number of nitrogens with zero attached hydrogens (tertiary/aromatic N) is 1. The molecule has 1 N–H and O–H groups in total. The summed E-state index contributed by atoms with van der Waals surface area (Å²) < 4.78 is 0. The molecule has 3 nitrogen and oxygen atoms in total. The van der Waals surface area contributed by atoms with Crippen molar-refractivity contribution >= 4 is 29.1 Å². The van der Waals surface area contributed by atoms with Gasteiger partial charge in [-0.05, 0) is 23.6 Å². The van der Waals surface area contributed by atoms with Crippen LogP contribution in [0.25, 0.3) is 0 Å². The molecule has 1 aliphatic heterocycles. The lowest BCUT2D eigenvalue weighted by Crippen LogP contribution is -2.56. The van der Waals surface area contributed by atoms with Crippen molar-refractivity contribution in [2.24, 2.45) is 5.92 Å². The van der Waals surface area contributed by atoms with Crippen LogP contribution in [0.3, 0.4) is 0 Å². The van der Waals surface area contributed by atoms with Gasteiger partial charge in [0, 0.05) is 29.7 Å². The number of rotatable bonds is 3. The van der Waals surface area contributed by atoms with Crippen LogP contribution in [-0.4, -0.2) is 29.9 Å². The van der Waals surface area contributed by atoms with Crippen molar-refractivity contribution in [3.8, 4) is 0 Å². The van der Waals surface area contributed by atoms with E-state index >= 15 is 0 Å². The number of hydrogen-bond donors (Lipinski definition) is 1. The summed E-state index contributed by atoms with van der Waals surface area (Å²) in [6, 6.07) is 5.40. The van der Waals surface area contributed by atoms with Gasteiger partial charge in [0.2, 0.25) is 5.91 Å². The fourth-order valence-electron chi connectivity index (χ4n) is 2.50. The van der Waals surface area contributed by atoms with Crippen molar-refractivity contribution in [1.29, 1.82) is 0 Å². The smallest absolute Gasteiger partial charge is 0.237 e. The summed E-state index contributed by atoms with van der Waals surface area (Å²) in [6.45, 7) is 6.32. The highest BCUT2D eigenvalue weighted by molar-refractivity contribution is 6.35. The first-order chi connectivity index (χ1) is 8.99. The van der Waals surface area contributed by atoms with E-state index in [4.69, 9.17) is 23.2 Å². The van der Waals surface area contributed by atoms with Crippen LogP contribution >= 0.6 is 23.2 Å². The topological polar surface area (TPSA) is 32.3 Å². The molecule has 0 spiro atoms. The molecule has 1 aliphatic rings. The van der Waals surface area contributed by atoms with Gasteiger partial charge in [-0.1, -0.05) is 43.1 Å². The molecule has 0 bridgehead atoms. The molecule has 19 heavy (non-hydrogen) atoms. The Balaban J connectivity index is 2.18. The zero-order valence-electron chi connectivity index (χ0n) is 11.1. The van der Waals surface area contributed by atoms with E-state index in [0.717, 1.165) is 12.1 Å². The number of amides is 1. The molecule has 1 saturated heterocycles. The summed E-state index contributed by atoms with van der Waals surface area (Å²) in [7, 11) is 0. The van der Waals surface area contributed by atoms with Crippen LogP contribution in [0.5, 0.6) is 0 Å². The van der Waals surface area contributed by atoms with Crippen molar-refractivity contribution in [3.05, 3.63) is 33.8 Å². The van der Waals surface area contributed by atoms with Crippen LogP contribution in [0.4, 0.5) is 0 Å². The number of piperazine rings is 1. The minimum atomic E-state index is -0.0968. The average Bonchev–Trinajstić information content (AvgIpc) is 2.32. The fraction of sp³-hybridized carbons (Fsp3) is 0.500. The molecule has 1 atom stereocenters. The standard InChI is InChI=1S/C14H18Cl2N2O/c1-9(2)13-14(19)17-5-6-18(13)8-10-3-4-11(15)7-12(10)16/h3-4,7,9,13H,5-6,8H2,1-2H3,(H,17,19). The minimum Gasteiger partial charge on any atom is -0.353 e. The number of carbonyl (C=O) groups is 1. The number of halogens is 2. The van der Waals surface area contributed by atoms with E-state index < -0.39 is 0 Å². The minimum absolute atomic E-state index is 0.0968. The predicted molar refractivity (Wildman–Crippen MR) is 78.5 cm³/mol. The van der Waals surface area contributed by atoms with Gasteiger partial charge in [-0.2, -0.15) is 0 Å². The molecule has 0 aromatic heterocycles. The lowest BCUT2D eigenvalue weighted by molar-refractivity contribution is -0.131. The van der Waals surface area contributed by atoms with Gasteiger partial charge in [0.05, 0.1) is 6.04 Å². The van der Waals surface area contributed by atoms with Gasteiger partial charge in [-0.3, -0.25) is 9.69 Å². The first kappa shape index (κ1) is 14.6. The second-order valence-corrected chi connectivity index (χ2v) is 6.03. The molecule has 0 aliphatic carbocycles. The Morgan fingerprint density at radius 1 is 1.42 bits per heavy atom. The molecule has 1 heterocycles. The van der Waals surface area contributed by atoms with Gasteiger partial charge >= 0.3 is 0 Å². The third-order valence-electron chi connectivity index (χ3n) is 3.38. The molecule has 0 radical (unpaired) electrons. The van der Waals surface area contributed by atoms with Crippen molar-refractivity contribution in [1.82, 2.24) is 10.2 Å². The fourth-order valence-corrected chi connectivity index (χ4v) is 2.97. The summed E-state index contributed by atoms with van der Waals surface area (Å²) in [5, 5.41) is 4.20. The molecule has 1 fully saturated rings. The Morgan fingerprint density at radius 3 is 2.79 bits per heavy atom. The summed E-state index contributed by atoms with van der Waals surface area (Å²) in [5.74, 6) is 0.373. The zero-order valence-corrected chi connectivity index (χ0v) is 12.6. The predicted octanol–water partition coefficient (Wildman–Crippen LogP) is 2.95. The van der Waals surface area contributed by atoms with Crippen LogP contribution in [0.2, 0.25) is 10.0 Å². The van der Waals surface area contributed by atoms with E-state index in [2.05, 4.69) is 24.1 Å². The molecular formula is C14H18Cl2N2O. The maximum absolute atomic E-state index is 12.0. The third kappa shape index (κ3) is 3.41. The summed E-state index contributed by atoms with van der Waals surface area (Å²) >= 11 is 12.1. The van der Waals surface area contributed by atoms with Crippen LogP contribution in [0.15, 0.2) is 18.2 Å². The van der Waals surface area contributed by atoms with Crippen LogP contribution in [0, 0.1) is 5.92 Å². The van der Waals surface area contributed by atoms with E-state index in [1.807, 2.05) is 12.1 Å². The second kappa shape index (κ2) is 6.12. The molecule has 1 aromatic carbocycles. The second-order valence-electron chi connectivity index (χ2n) is 5.19. The number of nitrogens with one attached hydrogen (secondary N) is 1. The molecule has 2 rings (SSSR count). The van der Waals surface area contributed by atoms with Crippen molar-refractivity contribution < 1.29 is 4.79 Å². The molecular weight excluding hydrogens is 283 g/mol. The van der Waals surface area contributed by atoms with Gasteiger partial charge in [-0.15, -0.1) is 0 Å². The summed E-state index contributed by atoms with van der Waals surface area (Å²) in [5.41, 5.74) is 1.01. The van der Waals surface area contributed by atoms with E-state index in [9.17, 15) is 4.79 Å². The molecule has 5 heteroatoms. The highest BCUT2D eigenvalue weighted by Crippen LogP contribution is 2.24. The largest absolute Gasteiger partial charge is 0.353 e. The molecule has 0 saturated carbocycles. The number of benzene rings is 1. The molecule has 1 amide bonds.